The van der Waals surface area contributed by atoms with Crippen molar-refractivity contribution in [3.63, 3.8) is 0 Å². The molecule has 0 saturated heterocycles. The van der Waals surface area contributed by atoms with Crippen LogP contribution in [0.5, 0.6) is 0 Å². The molecule has 0 aromatic carbocycles. The summed E-state index contributed by atoms with van der Waals surface area (Å²) in [6.07, 6.45) is 5.50. The number of nitrogens with zero attached hydrogens (tertiary/aromatic N) is 3. The second-order valence-corrected chi connectivity index (χ2v) is 7.48. The average molecular weight is 373 g/mol. The molecule has 0 atom stereocenters. The van der Waals surface area contributed by atoms with E-state index in [1.54, 1.807) is 13.2 Å². The van der Waals surface area contributed by atoms with E-state index in [1.807, 2.05) is 51.8 Å². The van der Waals surface area contributed by atoms with Gasteiger partial charge in [0.05, 0.1) is 13.7 Å². The Labute approximate surface area is 160 Å². The van der Waals surface area contributed by atoms with Gasteiger partial charge in [-0.05, 0) is 51.0 Å². The maximum Gasteiger partial charge on any atom is 0.416 e. The monoisotopic (exact) mass is 373 g/mol. The Hall–Kier alpha value is -2.83. The van der Waals surface area contributed by atoms with Crippen LogP contribution < -0.4 is 4.90 Å². The number of aromatic nitrogens is 1. The smallest absolute Gasteiger partial charge is 0.416 e. The van der Waals surface area contributed by atoms with Gasteiger partial charge in [-0.25, -0.2) is 9.78 Å². The fourth-order valence-corrected chi connectivity index (χ4v) is 2.76. The highest BCUT2D eigenvalue weighted by Gasteiger charge is 2.27. The van der Waals surface area contributed by atoms with Crippen LogP contribution >= 0.6 is 0 Å². The molecule has 146 valence electrons. The van der Waals surface area contributed by atoms with Gasteiger partial charge in [-0.2, -0.15) is 0 Å². The van der Waals surface area contributed by atoms with Gasteiger partial charge in [0.15, 0.2) is 12.2 Å². The van der Waals surface area contributed by atoms with Crippen molar-refractivity contribution in [2.24, 2.45) is 0 Å². The predicted molar refractivity (Wildman–Crippen MR) is 104 cm³/mol. The topological polar surface area (TPSA) is 72.0 Å². The standard InChI is InChI=1S/C20H27N3O4/c1-14-9-16(13-24)10-21-18(14)23(19(25)27-20(2,3)4)12-15-7-8-17(26-6)22(5)11-15/h7-10,13H,11-12H2,1-6H3. The molecule has 0 saturated carbocycles. The molecular weight excluding hydrogens is 346 g/mol. The Morgan fingerprint density at radius 3 is 2.59 bits per heavy atom. The lowest BCUT2D eigenvalue weighted by molar-refractivity contribution is 0.0581. The summed E-state index contributed by atoms with van der Waals surface area (Å²) in [5.41, 5.74) is 1.56. The molecular formula is C20H27N3O4. The normalized spacial score (nSPS) is 14.2. The second-order valence-electron chi connectivity index (χ2n) is 7.48. The van der Waals surface area contributed by atoms with Gasteiger partial charge in [-0.1, -0.05) is 6.08 Å². The molecule has 7 heteroatoms. The van der Waals surface area contributed by atoms with Crippen LogP contribution in [0.3, 0.4) is 0 Å². The number of likely N-dealkylation sites (N-methyl/N-ethyl adjacent to an activating group) is 1. The van der Waals surface area contributed by atoms with Crippen molar-refractivity contribution in [3.05, 3.63) is 47.0 Å². The van der Waals surface area contributed by atoms with E-state index in [0.717, 1.165) is 23.3 Å². The van der Waals surface area contributed by atoms with Crippen molar-refractivity contribution in [3.8, 4) is 0 Å². The molecule has 2 rings (SSSR count). The first-order chi connectivity index (χ1) is 12.6. The zero-order valence-electron chi connectivity index (χ0n) is 16.8. The number of amides is 1. The molecule has 2 heterocycles. The number of ether oxygens (including phenoxy) is 2. The largest absolute Gasteiger partial charge is 0.482 e. The van der Waals surface area contributed by atoms with Crippen molar-refractivity contribution in [2.45, 2.75) is 33.3 Å². The molecule has 1 aromatic heterocycles. The molecule has 0 aliphatic carbocycles. The number of hydrogen-bond acceptors (Lipinski definition) is 6. The van der Waals surface area contributed by atoms with E-state index < -0.39 is 11.7 Å². The quantitative estimate of drug-likeness (QED) is 0.738. The minimum absolute atomic E-state index is 0.320. The van der Waals surface area contributed by atoms with E-state index in [4.69, 9.17) is 9.47 Å². The van der Waals surface area contributed by atoms with Crippen LogP contribution in [0.2, 0.25) is 0 Å². The highest BCUT2D eigenvalue weighted by molar-refractivity contribution is 5.88. The van der Waals surface area contributed by atoms with Crippen LogP contribution in [0.1, 0.15) is 36.7 Å². The van der Waals surface area contributed by atoms with Crippen molar-refractivity contribution in [1.82, 2.24) is 9.88 Å². The lowest BCUT2D eigenvalue weighted by Crippen LogP contribution is -2.40. The molecule has 1 amide bonds. The third-order valence-electron chi connectivity index (χ3n) is 3.93. The number of anilines is 1. The van der Waals surface area contributed by atoms with E-state index in [0.29, 0.717) is 24.5 Å². The van der Waals surface area contributed by atoms with Crippen molar-refractivity contribution >= 4 is 18.2 Å². The maximum atomic E-state index is 12.9. The zero-order chi connectivity index (χ0) is 20.2. The summed E-state index contributed by atoms with van der Waals surface area (Å²) in [4.78, 5) is 31.6. The summed E-state index contributed by atoms with van der Waals surface area (Å²) in [5.74, 6) is 1.23. The predicted octanol–water partition coefficient (Wildman–Crippen LogP) is 3.30. The van der Waals surface area contributed by atoms with E-state index in [1.165, 1.54) is 11.1 Å². The lowest BCUT2D eigenvalue weighted by atomic mass is 10.1. The van der Waals surface area contributed by atoms with Gasteiger partial charge in [0.25, 0.3) is 0 Å². The Bertz CT molecular complexity index is 778. The minimum atomic E-state index is -0.632. The summed E-state index contributed by atoms with van der Waals surface area (Å²) >= 11 is 0. The highest BCUT2D eigenvalue weighted by Crippen LogP contribution is 2.23. The Kier molecular flexibility index (Phi) is 6.25. The molecule has 7 nitrogen and oxygen atoms in total. The van der Waals surface area contributed by atoms with Crippen molar-refractivity contribution < 1.29 is 19.1 Å². The molecule has 0 fully saturated rings. The van der Waals surface area contributed by atoms with Gasteiger partial charge < -0.3 is 14.4 Å². The third kappa shape index (κ3) is 5.32. The van der Waals surface area contributed by atoms with Crippen LogP contribution in [0, 0.1) is 6.92 Å². The van der Waals surface area contributed by atoms with Crippen LogP contribution in [-0.4, -0.2) is 55.1 Å². The number of pyridine rings is 1. The molecule has 27 heavy (non-hydrogen) atoms. The first kappa shape index (κ1) is 20.5. The third-order valence-corrected chi connectivity index (χ3v) is 3.93. The summed E-state index contributed by atoms with van der Waals surface area (Å²) in [6, 6.07) is 1.71. The number of aryl methyl sites for hydroxylation is 1. The Morgan fingerprint density at radius 2 is 2.07 bits per heavy atom. The van der Waals surface area contributed by atoms with Crippen LogP contribution in [0.15, 0.2) is 35.9 Å². The number of carbonyl (C=O) groups excluding carboxylic acids is 2. The number of allylic oxidation sites excluding steroid dienone is 2. The minimum Gasteiger partial charge on any atom is -0.482 e. The van der Waals surface area contributed by atoms with Gasteiger partial charge in [0.2, 0.25) is 0 Å². The van der Waals surface area contributed by atoms with Gasteiger partial charge in [-0.15, -0.1) is 0 Å². The van der Waals surface area contributed by atoms with Crippen LogP contribution in [-0.2, 0) is 9.47 Å². The molecule has 0 unspecified atom stereocenters. The number of methoxy groups -OCH3 is 1. The van der Waals surface area contributed by atoms with Crippen LogP contribution in [0.4, 0.5) is 10.6 Å². The summed E-state index contributed by atoms with van der Waals surface area (Å²) < 4.78 is 10.9. The molecule has 0 spiro atoms. The molecule has 0 bridgehead atoms. The first-order valence-electron chi connectivity index (χ1n) is 8.72. The SMILES string of the molecule is COC1=CC=C(CN(C(=O)OC(C)(C)C)c2ncc(C=O)cc2C)CN1C. The molecule has 1 aromatic rings. The van der Waals surface area contributed by atoms with E-state index in [2.05, 4.69) is 4.98 Å². The van der Waals surface area contributed by atoms with Crippen LogP contribution in [0.25, 0.3) is 0 Å². The van der Waals surface area contributed by atoms with Gasteiger partial charge in [0, 0.05) is 25.4 Å². The first-order valence-corrected chi connectivity index (χ1v) is 8.72. The second kappa shape index (κ2) is 8.24. The van der Waals surface area contributed by atoms with E-state index in [-0.39, 0.29) is 0 Å². The van der Waals surface area contributed by atoms with Crippen molar-refractivity contribution in [1.29, 1.82) is 0 Å². The number of aldehydes is 1. The van der Waals surface area contributed by atoms with E-state index >= 15 is 0 Å². The van der Waals surface area contributed by atoms with Crippen molar-refractivity contribution in [2.75, 3.05) is 32.1 Å². The average Bonchev–Trinajstić information content (AvgIpc) is 2.58. The fourth-order valence-electron chi connectivity index (χ4n) is 2.76. The summed E-state index contributed by atoms with van der Waals surface area (Å²) in [7, 11) is 3.54. The van der Waals surface area contributed by atoms with Gasteiger partial charge >= 0.3 is 6.09 Å². The van der Waals surface area contributed by atoms with Gasteiger partial charge in [0.1, 0.15) is 11.4 Å². The fraction of sp³-hybridized carbons (Fsp3) is 0.450. The molecule has 1 aliphatic rings. The maximum absolute atomic E-state index is 12.9. The summed E-state index contributed by atoms with van der Waals surface area (Å²) in [6.45, 7) is 8.21. The number of rotatable bonds is 5. The molecule has 0 radical (unpaired) electrons. The molecule has 0 N–H and O–H groups in total. The summed E-state index contributed by atoms with van der Waals surface area (Å²) in [5, 5.41) is 0. The van der Waals surface area contributed by atoms with E-state index in [9.17, 15) is 9.59 Å². The number of hydrogen-bond donors (Lipinski definition) is 0. The lowest BCUT2D eigenvalue weighted by Gasteiger charge is -2.31. The Morgan fingerprint density at radius 1 is 1.37 bits per heavy atom. The number of carbonyl (C=O) groups is 2. The highest BCUT2D eigenvalue weighted by atomic mass is 16.6. The zero-order valence-corrected chi connectivity index (χ0v) is 16.8. The van der Waals surface area contributed by atoms with Gasteiger partial charge in [-0.3, -0.25) is 9.69 Å². The molecule has 1 aliphatic heterocycles. The Balaban J connectivity index is 2.36.